The Morgan fingerprint density at radius 2 is 2.16 bits per heavy atom. The minimum atomic E-state index is -0.0180. The number of rotatable bonds is 7. The lowest BCUT2D eigenvalue weighted by Crippen LogP contribution is -2.40. The molecule has 0 spiro atoms. The number of hydrogen-bond acceptors (Lipinski definition) is 3. The smallest absolute Gasteiger partial charge is 0.246 e. The van der Waals surface area contributed by atoms with Gasteiger partial charge in [-0.05, 0) is 42.9 Å². The Labute approximate surface area is 119 Å². The second-order valence-corrected chi connectivity index (χ2v) is 5.47. The Morgan fingerprint density at radius 3 is 2.63 bits per heavy atom. The number of carbonyl (C=O) groups excluding carboxylic acids is 1. The summed E-state index contributed by atoms with van der Waals surface area (Å²) in [5.74, 6) is -0.0180. The van der Waals surface area contributed by atoms with Crippen molar-refractivity contribution in [2.24, 2.45) is 0 Å². The van der Waals surface area contributed by atoms with Gasteiger partial charge in [-0.3, -0.25) is 4.79 Å². The van der Waals surface area contributed by atoms with E-state index in [4.69, 9.17) is 5.11 Å². The van der Waals surface area contributed by atoms with Crippen molar-refractivity contribution in [3.8, 4) is 0 Å². The van der Waals surface area contributed by atoms with Gasteiger partial charge in [-0.15, -0.1) is 11.3 Å². The molecule has 0 fully saturated rings. The topological polar surface area (TPSA) is 40.5 Å². The molecule has 3 nitrogen and oxygen atoms in total. The Balaban J connectivity index is 2.77. The maximum Gasteiger partial charge on any atom is 0.246 e. The van der Waals surface area contributed by atoms with Crippen molar-refractivity contribution in [3.63, 3.8) is 0 Å². The predicted molar refractivity (Wildman–Crippen MR) is 81.3 cm³/mol. The first-order valence-corrected chi connectivity index (χ1v) is 7.65. The molecule has 0 aliphatic heterocycles. The van der Waals surface area contributed by atoms with E-state index in [1.165, 1.54) is 5.56 Å². The molecular formula is C15H23NO2S. The summed E-state index contributed by atoms with van der Waals surface area (Å²) in [6.45, 7) is 6.58. The molecule has 0 saturated heterocycles. The van der Waals surface area contributed by atoms with Crippen molar-refractivity contribution < 1.29 is 9.90 Å². The van der Waals surface area contributed by atoms with Crippen molar-refractivity contribution in [1.29, 1.82) is 0 Å². The Bertz CT molecular complexity index is 422. The number of hydrogen-bond donors (Lipinski definition) is 1. The molecule has 19 heavy (non-hydrogen) atoms. The second-order valence-electron chi connectivity index (χ2n) is 4.53. The van der Waals surface area contributed by atoms with Crippen LogP contribution in [0.4, 0.5) is 0 Å². The van der Waals surface area contributed by atoms with Crippen LogP contribution in [0.15, 0.2) is 17.5 Å². The van der Waals surface area contributed by atoms with Crippen molar-refractivity contribution in [1.82, 2.24) is 4.90 Å². The van der Waals surface area contributed by atoms with E-state index in [9.17, 15) is 4.79 Å². The molecule has 0 unspecified atom stereocenters. The van der Waals surface area contributed by atoms with E-state index in [0.717, 1.165) is 17.7 Å². The van der Waals surface area contributed by atoms with Gasteiger partial charge in [-0.2, -0.15) is 0 Å². The van der Waals surface area contributed by atoms with Gasteiger partial charge in [0, 0.05) is 23.5 Å². The number of thiophene rings is 1. The number of nitrogens with zero attached hydrogens (tertiary/aromatic N) is 1. The molecule has 1 N–H and O–H groups in total. The van der Waals surface area contributed by atoms with E-state index in [1.807, 2.05) is 24.4 Å². The first-order chi connectivity index (χ1) is 9.13. The largest absolute Gasteiger partial charge is 0.395 e. The minimum Gasteiger partial charge on any atom is -0.395 e. The highest BCUT2D eigenvalue weighted by molar-refractivity contribution is 7.11. The van der Waals surface area contributed by atoms with Gasteiger partial charge in [0.25, 0.3) is 0 Å². The molecule has 1 heterocycles. The highest BCUT2D eigenvalue weighted by Gasteiger charge is 2.18. The lowest BCUT2D eigenvalue weighted by molar-refractivity contribution is -0.128. The van der Waals surface area contributed by atoms with E-state index in [2.05, 4.69) is 13.8 Å². The number of carbonyl (C=O) groups is 1. The first-order valence-electron chi connectivity index (χ1n) is 6.77. The molecule has 1 aromatic heterocycles. The number of aryl methyl sites for hydroxylation is 1. The zero-order chi connectivity index (χ0) is 14.3. The SMILES string of the molecule is CCC(CC)N(CCO)C(=O)C=Cc1sccc1C. The van der Waals surface area contributed by atoms with E-state index in [1.54, 1.807) is 22.3 Å². The normalized spacial score (nSPS) is 11.4. The van der Waals surface area contributed by atoms with Gasteiger partial charge in [0.15, 0.2) is 0 Å². The van der Waals surface area contributed by atoms with Gasteiger partial charge in [0.2, 0.25) is 5.91 Å². The maximum atomic E-state index is 12.2. The van der Waals surface area contributed by atoms with Crippen LogP contribution in [-0.2, 0) is 4.79 Å². The summed E-state index contributed by atoms with van der Waals surface area (Å²) < 4.78 is 0. The van der Waals surface area contributed by atoms with Gasteiger partial charge in [-0.1, -0.05) is 13.8 Å². The van der Waals surface area contributed by atoms with Crippen molar-refractivity contribution >= 4 is 23.3 Å². The predicted octanol–water partition coefficient (Wildman–Crippen LogP) is 3.08. The average molecular weight is 281 g/mol. The number of amides is 1. The molecule has 4 heteroatoms. The fourth-order valence-electron chi connectivity index (χ4n) is 2.11. The van der Waals surface area contributed by atoms with E-state index >= 15 is 0 Å². The van der Waals surface area contributed by atoms with E-state index in [0.29, 0.717) is 6.54 Å². The first kappa shape index (κ1) is 15.9. The van der Waals surface area contributed by atoms with Crippen LogP contribution in [0.25, 0.3) is 6.08 Å². The summed E-state index contributed by atoms with van der Waals surface area (Å²) >= 11 is 1.63. The molecule has 0 saturated carbocycles. The summed E-state index contributed by atoms with van der Waals surface area (Å²) in [6.07, 6.45) is 5.31. The molecule has 1 amide bonds. The van der Waals surface area contributed by atoms with Gasteiger partial charge in [0.05, 0.1) is 6.61 Å². The van der Waals surface area contributed by atoms with Crippen LogP contribution < -0.4 is 0 Å². The third kappa shape index (κ3) is 4.48. The molecular weight excluding hydrogens is 258 g/mol. The third-order valence-electron chi connectivity index (χ3n) is 3.29. The van der Waals surface area contributed by atoms with Crippen LogP contribution in [0.5, 0.6) is 0 Å². The van der Waals surface area contributed by atoms with Gasteiger partial charge in [-0.25, -0.2) is 0 Å². The third-order valence-corrected chi connectivity index (χ3v) is 4.27. The van der Waals surface area contributed by atoms with Crippen molar-refractivity contribution in [2.45, 2.75) is 39.7 Å². The summed E-state index contributed by atoms with van der Waals surface area (Å²) in [5, 5.41) is 11.1. The Hall–Kier alpha value is -1.13. The fourth-order valence-corrected chi connectivity index (χ4v) is 2.93. The van der Waals surface area contributed by atoms with Crippen molar-refractivity contribution in [3.05, 3.63) is 28.0 Å². The van der Waals surface area contributed by atoms with Crippen LogP contribution in [0, 0.1) is 6.92 Å². The molecule has 1 rings (SSSR count). The standard InChI is InChI=1S/C15H23NO2S/c1-4-13(5-2)16(9-10-17)15(18)7-6-14-12(3)8-11-19-14/h6-8,11,13,17H,4-5,9-10H2,1-3H3. The lowest BCUT2D eigenvalue weighted by Gasteiger charge is -2.28. The Morgan fingerprint density at radius 1 is 1.47 bits per heavy atom. The fraction of sp³-hybridized carbons (Fsp3) is 0.533. The summed E-state index contributed by atoms with van der Waals surface area (Å²) in [4.78, 5) is 15.1. The maximum absolute atomic E-state index is 12.2. The summed E-state index contributed by atoms with van der Waals surface area (Å²) in [6, 6.07) is 2.25. The quantitative estimate of drug-likeness (QED) is 0.780. The van der Waals surface area contributed by atoms with Crippen LogP contribution in [0.3, 0.4) is 0 Å². The molecule has 0 aromatic carbocycles. The van der Waals surface area contributed by atoms with Crippen molar-refractivity contribution in [2.75, 3.05) is 13.2 Å². The Kier molecular flexibility index (Phi) is 6.81. The lowest BCUT2D eigenvalue weighted by atomic mass is 10.1. The van der Waals surface area contributed by atoms with Crippen LogP contribution >= 0.6 is 11.3 Å². The summed E-state index contributed by atoms with van der Waals surface area (Å²) in [7, 11) is 0. The second kappa shape index (κ2) is 8.12. The molecule has 0 atom stereocenters. The molecule has 0 radical (unpaired) electrons. The van der Waals surface area contributed by atoms with E-state index in [-0.39, 0.29) is 18.6 Å². The average Bonchev–Trinajstić information content (AvgIpc) is 2.82. The molecule has 0 bridgehead atoms. The molecule has 0 aliphatic carbocycles. The highest BCUT2D eigenvalue weighted by atomic mass is 32.1. The highest BCUT2D eigenvalue weighted by Crippen LogP contribution is 2.17. The van der Waals surface area contributed by atoms with Crippen LogP contribution in [0.2, 0.25) is 0 Å². The zero-order valence-electron chi connectivity index (χ0n) is 11.9. The van der Waals surface area contributed by atoms with Gasteiger partial charge >= 0.3 is 0 Å². The van der Waals surface area contributed by atoms with Crippen LogP contribution in [0.1, 0.15) is 37.1 Å². The number of aliphatic hydroxyl groups is 1. The number of aliphatic hydroxyl groups excluding tert-OH is 1. The van der Waals surface area contributed by atoms with Gasteiger partial charge < -0.3 is 10.0 Å². The summed E-state index contributed by atoms with van der Waals surface area (Å²) in [5.41, 5.74) is 1.19. The van der Waals surface area contributed by atoms with E-state index < -0.39 is 0 Å². The van der Waals surface area contributed by atoms with Crippen LogP contribution in [-0.4, -0.2) is 35.1 Å². The molecule has 1 aromatic rings. The van der Waals surface area contributed by atoms with Gasteiger partial charge in [0.1, 0.15) is 0 Å². The molecule has 106 valence electrons. The minimum absolute atomic E-state index is 0.00805. The monoisotopic (exact) mass is 281 g/mol. The zero-order valence-corrected chi connectivity index (χ0v) is 12.7. The molecule has 0 aliphatic rings.